The molecule has 0 N–H and O–H groups in total. The third-order valence-electron chi connectivity index (χ3n) is 27.4. The quantitative estimate of drug-likeness (QED) is 0.0469. The van der Waals surface area contributed by atoms with Crippen LogP contribution in [-0.4, -0.2) is 50.3 Å². The van der Waals surface area contributed by atoms with Gasteiger partial charge in [-0.05, 0) is 254 Å². The number of ketones is 4. The number of Topliss-reactive ketones (excluding diaryl/α,β-unsaturated/α-hetero) is 4. The van der Waals surface area contributed by atoms with Crippen LogP contribution >= 0.6 is 76.6 Å². The predicted molar refractivity (Wildman–Crippen MR) is 616 cm³/mol. The number of benzene rings is 24. The fourth-order valence-corrected chi connectivity index (χ4v) is 21.5. The predicted octanol–water partition coefficient (Wildman–Crippen LogP) is 36.2. The molecule has 4 aliphatic carbocycles. The second kappa shape index (κ2) is 42.3. The Morgan fingerprint density at radius 1 is 0.200 bits per heavy atom. The molecular weight excluding hydrogens is 1940 g/mol. The monoisotopic (exact) mass is 2020 g/mol. The Labute approximate surface area is 873 Å². The normalized spacial score (nSPS) is 12.1. The van der Waals surface area contributed by atoms with Gasteiger partial charge in [0.25, 0.3) is 0 Å². The van der Waals surface area contributed by atoms with E-state index in [0.29, 0.717) is 24.0 Å². The SMILES string of the molecule is ClCCl.O=C(Cc1ccccc1)Cc1ccccc1.O=C(Cl)C(=O)Cl.O=C1C(=O)c2cc3c4ccccc4ccc3c3cccc1c23.O=C1C(c2ccccc2)=C2C(=C1c1ccccc1)c1cc3c4ccccc4ccc3c3cccc2c13.[Cl][Al]([Cl])[Cl].c1ccc(-c2c3c(c(-c4ccccc4)c4ccccc24)-c2cc4c5ccccc5ccc4c4cccc-3c24)cc1.c1ccc2c(c1)ccc1c3ccccc3ccc21. The molecule has 0 fully saturated rings. The van der Waals surface area contributed by atoms with Crippen LogP contribution in [0.25, 0.3) is 207 Å². The molecule has 0 saturated carbocycles. The number of carbonyl (C=O) groups is 6. The third kappa shape index (κ3) is 18.6. The van der Waals surface area contributed by atoms with Crippen LogP contribution in [0, 0.1) is 0 Å². The minimum Gasteiger partial charge on any atom is -0.299 e. The summed E-state index contributed by atoms with van der Waals surface area (Å²) in [7, 11) is 14.8. The Kier molecular flexibility index (Phi) is 28.0. The molecule has 0 saturated heterocycles. The first-order valence-corrected chi connectivity index (χ1v) is 54.5. The van der Waals surface area contributed by atoms with Crippen molar-refractivity contribution in [2.24, 2.45) is 0 Å². The highest BCUT2D eigenvalue weighted by molar-refractivity contribution is 7.54. The van der Waals surface area contributed by atoms with Crippen LogP contribution in [0.1, 0.15) is 54.1 Å². The largest absolute Gasteiger partial charge is 0.643 e. The molecule has 145 heavy (non-hydrogen) atoms. The number of alkyl halides is 2. The van der Waals surface area contributed by atoms with Crippen LogP contribution in [-0.2, 0) is 32.0 Å². The molecule has 0 aliphatic heterocycles. The van der Waals surface area contributed by atoms with Crippen molar-refractivity contribution >= 4 is 284 Å². The zero-order valence-corrected chi connectivity index (χ0v) is 84.1. The van der Waals surface area contributed by atoms with E-state index in [2.05, 4.69) is 351 Å². The minimum atomic E-state index is -1.72. The number of fused-ring (bicyclic) bond motifs is 24. The molecular formula is C131H82AlCl7O6. The first-order chi connectivity index (χ1) is 71.0. The Hall–Kier alpha value is -15.3. The number of rotatable bonds is 9. The molecule has 4 aliphatic rings. The van der Waals surface area contributed by atoms with Crippen molar-refractivity contribution in [3.63, 3.8) is 0 Å². The van der Waals surface area contributed by atoms with Gasteiger partial charge in [-0.15, -0.1) is 23.2 Å². The lowest BCUT2D eigenvalue weighted by atomic mass is 9.82. The van der Waals surface area contributed by atoms with Crippen LogP contribution in [0.15, 0.2) is 461 Å². The van der Waals surface area contributed by atoms with Crippen LogP contribution in [0.5, 0.6) is 0 Å². The maximum absolute atomic E-state index is 14.2. The van der Waals surface area contributed by atoms with Crippen LogP contribution in [0.3, 0.4) is 0 Å². The van der Waals surface area contributed by atoms with Crippen LogP contribution in [0.4, 0.5) is 0 Å². The van der Waals surface area contributed by atoms with Gasteiger partial charge in [-0.25, -0.2) is 30.1 Å². The highest BCUT2D eigenvalue weighted by atomic mass is 35.8. The number of carbonyl (C=O) groups excluding carboxylic acids is 6. The maximum atomic E-state index is 14.2. The Morgan fingerprint density at radius 3 is 0.807 bits per heavy atom. The molecule has 0 heterocycles. The molecule has 0 bridgehead atoms. The fraction of sp³-hybridized carbons (Fsp3) is 0.0229. The molecule has 0 amide bonds. The molecule has 24 aromatic carbocycles. The molecule has 28 rings (SSSR count). The standard InChI is InChI=1S/C40H24.C35H20O.C20H10O2.C18H12.C15H14O.C2Cl2O2.CH2Cl2.Al.3ClH/c1-3-13-26(14-4-1)36-31-18-9-10-19-32(31)37(27-15-5-2-6-16-27)40-35-24-34-28-17-8-7-12-25(28)22-23-29(34)30-20-11-21-33(38(30)35)39(36)40;36-35-30(22-11-3-1-4-12-22)33-27-17-9-16-26-25-19-18-21-10-7-8-15-24(21)28(25)20-29(32(26)27)34(33)31(35)23-13-5-2-6-14-23;21-19-15-7-3-6-14-13-9-8-11-4-1-2-5-12(11)16(13)10-17(18(14)15)20(19)22;1-3-7-15-13(5-1)9-11-18-16-8-4-2-6-14(16)10-12-17(15)18;16-15(11-13-7-3-1-4-8-13)12-14-9-5-2-6-10-14;3-1(5)2(4)6;2-1-3;;;;/h1-24H;1-20H;1-10H;1-12H;1-10H,11-12H2;;1H2;;3*1H/q;;;;;;;+3;;;/p-3. The summed E-state index contributed by atoms with van der Waals surface area (Å²) >= 11 is 16.8. The summed E-state index contributed by atoms with van der Waals surface area (Å²) in [5, 5.41) is 30.0. The Morgan fingerprint density at radius 2 is 0.448 bits per heavy atom. The van der Waals surface area contributed by atoms with E-state index in [1.54, 1.807) is 6.07 Å². The van der Waals surface area contributed by atoms with E-state index in [9.17, 15) is 28.8 Å². The molecule has 0 atom stereocenters. The van der Waals surface area contributed by atoms with E-state index < -0.39 is 21.9 Å². The topological polar surface area (TPSA) is 102 Å². The Bertz CT molecular complexity index is 9300. The lowest BCUT2D eigenvalue weighted by Crippen LogP contribution is -2.06. The van der Waals surface area contributed by atoms with Crippen molar-refractivity contribution in [1.82, 2.24) is 0 Å². The number of allylic oxidation sites excluding steroid dienone is 4. The van der Waals surface area contributed by atoms with Crippen molar-refractivity contribution in [3.05, 3.63) is 506 Å². The van der Waals surface area contributed by atoms with E-state index in [1.807, 2.05) is 127 Å². The summed E-state index contributed by atoms with van der Waals surface area (Å²) in [4.78, 5) is 69.3. The van der Waals surface area contributed by atoms with Gasteiger partial charge in [0.05, 0.1) is 5.34 Å². The summed E-state index contributed by atoms with van der Waals surface area (Å²) in [6.07, 6.45) is 1.05. The lowest BCUT2D eigenvalue weighted by molar-refractivity contribution is -0.127. The molecule has 694 valence electrons. The van der Waals surface area contributed by atoms with Gasteiger partial charge in [0, 0.05) is 51.6 Å². The molecule has 0 unspecified atom stereocenters. The Balaban J connectivity index is 0.000000107. The first-order valence-electron chi connectivity index (χ1n) is 47.4. The van der Waals surface area contributed by atoms with E-state index in [1.165, 1.54) is 152 Å². The molecule has 0 radical (unpaired) electrons. The molecule has 0 aromatic heterocycles. The summed E-state index contributed by atoms with van der Waals surface area (Å²) in [6.45, 7) is 0. The van der Waals surface area contributed by atoms with Gasteiger partial charge in [0.1, 0.15) is 5.78 Å². The highest BCUT2D eigenvalue weighted by Gasteiger charge is 2.41. The van der Waals surface area contributed by atoms with Crippen molar-refractivity contribution in [2.75, 3.05) is 5.34 Å². The van der Waals surface area contributed by atoms with Gasteiger partial charge in [-0.2, -0.15) is 0 Å². The summed E-state index contributed by atoms with van der Waals surface area (Å²) in [5.74, 6) is -0.406. The summed E-state index contributed by atoms with van der Waals surface area (Å²) in [5.41, 5.74) is 21.8. The van der Waals surface area contributed by atoms with Crippen molar-refractivity contribution < 1.29 is 28.8 Å². The summed E-state index contributed by atoms with van der Waals surface area (Å²) in [6, 6.07) is 161. The average Bonchev–Trinajstić information content (AvgIpc) is 1.54. The number of halogens is 7. The van der Waals surface area contributed by atoms with Crippen molar-refractivity contribution in [1.29, 1.82) is 0 Å². The zero-order chi connectivity index (χ0) is 99.5. The average molecular weight is 2030 g/mol. The van der Waals surface area contributed by atoms with Gasteiger partial charge in [0.2, 0.25) is 11.6 Å². The van der Waals surface area contributed by atoms with Crippen molar-refractivity contribution in [2.45, 2.75) is 12.8 Å². The van der Waals surface area contributed by atoms with Gasteiger partial charge >= 0.3 is 21.9 Å². The summed E-state index contributed by atoms with van der Waals surface area (Å²) < 4.78 is 0. The van der Waals surface area contributed by atoms with Gasteiger partial charge in [-0.3, -0.25) is 28.8 Å². The molecule has 24 aromatic rings. The van der Waals surface area contributed by atoms with Crippen LogP contribution in [0.2, 0.25) is 0 Å². The maximum Gasteiger partial charge on any atom is 0.643 e. The zero-order valence-electron chi connectivity index (χ0n) is 77.7. The lowest BCUT2D eigenvalue weighted by Gasteiger charge is -2.20. The smallest absolute Gasteiger partial charge is 0.299 e. The minimum absolute atomic E-state index is 0.109. The van der Waals surface area contributed by atoms with Gasteiger partial charge in [0.15, 0.2) is 5.78 Å². The second-order valence-electron chi connectivity index (χ2n) is 35.5. The number of hydrogen-bond acceptors (Lipinski definition) is 6. The van der Waals surface area contributed by atoms with E-state index >= 15 is 0 Å². The van der Waals surface area contributed by atoms with E-state index in [0.717, 1.165) is 88.0 Å². The van der Waals surface area contributed by atoms with Crippen molar-refractivity contribution in [3.8, 4) is 44.5 Å². The molecule has 0 spiro atoms. The first kappa shape index (κ1) is 95.9. The van der Waals surface area contributed by atoms with E-state index in [-0.39, 0.29) is 28.5 Å². The van der Waals surface area contributed by atoms with Gasteiger partial charge in [-0.1, -0.05) is 443 Å². The fourth-order valence-electron chi connectivity index (χ4n) is 21.5. The molecule has 14 heteroatoms. The molecule has 6 nitrogen and oxygen atoms in total. The third-order valence-corrected chi connectivity index (χ3v) is 27.8. The highest BCUT2D eigenvalue weighted by Crippen LogP contribution is 2.61. The second-order valence-corrected chi connectivity index (χ2v) is 43.5. The van der Waals surface area contributed by atoms with Crippen LogP contribution < -0.4 is 0 Å². The number of hydrogen-bond donors (Lipinski definition) is 0. The van der Waals surface area contributed by atoms with Gasteiger partial charge < -0.3 is 0 Å². The van der Waals surface area contributed by atoms with E-state index in [4.69, 9.17) is 53.3 Å².